The van der Waals surface area contributed by atoms with Gasteiger partial charge in [0.25, 0.3) is 5.91 Å². The van der Waals surface area contributed by atoms with Crippen LogP contribution >= 0.6 is 0 Å². The number of fused-ring (bicyclic) bond motifs is 1. The van der Waals surface area contributed by atoms with Crippen molar-refractivity contribution >= 4 is 11.7 Å². The van der Waals surface area contributed by atoms with Crippen LogP contribution in [0.2, 0.25) is 0 Å². The Bertz CT molecular complexity index is 708. The molecule has 1 saturated heterocycles. The van der Waals surface area contributed by atoms with Crippen molar-refractivity contribution in [2.45, 2.75) is 19.3 Å². The highest BCUT2D eigenvalue weighted by Crippen LogP contribution is 2.26. The summed E-state index contributed by atoms with van der Waals surface area (Å²) in [4.78, 5) is 25.5. The standard InChI is InChI=1S/C18H20N4O/c23-18(16-6-2-4-14-3-1-5-15(14)16)22-11-9-21(10-12-22)17-13-19-7-8-20-17/h2,4,6-8,13H,1,3,5,9-12H2. The smallest absolute Gasteiger partial charge is 0.254 e. The zero-order valence-corrected chi connectivity index (χ0v) is 13.1. The van der Waals surface area contributed by atoms with Crippen LogP contribution < -0.4 is 4.90 Å². The Balaban J connectivity index is 1.47. The molecule has 118 valence electrons. The van der Waals surface area contributed by atoms with Crippen molar-refractivity contribution in [3.05, 3.63) is 53.5 Å². The highest BCUT2D eigenvalue weighted by molar-refractivity contribution is 5.96. The molecule has 0 unspecified atom stereocenters. The normalized spacial score (nSPS) is 17.2. The summed E-state index contributed by atoms with van der Waals surface area (Å²) in [7, 11) is 0. The average Bonchev–Trinajstić information content (AvgIpc) is 3.11. The minimum Gasteiger partial charge on any atom is -0.352 e. The van der Waals surface area contributed by atoms with Crippen LogP contribution in [0.5, 0.6) is 0 Å². The van der Waals surface area contributed by atoms with Gasteiger partial charge in [-0.05, 0) is 36.5 Å². The second-order valence-corrected chi connectivity index (χ2v) is 6.14. The number of aryl methyl sites for hydroxylation is 1. The van der Waals surface area contributed by atoms with Crippen molar-refractivity contribution in [1.82, 2.24) is 14.9 Å². The lowest BCUT2D eigenvalue weighted by Crippen LogP contribution is -2.49. The summed E-state index contributed by atoms with van der Waals surface area (Å²) in [6.45, 7) is 3.08. The van der Waals surface area contributed by atoms with Crippen LogP contribution in [0, 0.1) is 0 Å². The second-order valence-electron chi connectivity index (χ2n) is 6.14. The zero-order chi connectivity index (χ0) is 15.6. The number of hydrogen-bond donors (Lipinski definition) is 0. The molecule has 1 aromatic heterocycles. The van der Waals surface area contributed by atoms with Crippen molar-refractivity contribution in [2.24, 2.45) is 0 Å². The van der Waals surface area contributed by atoms with E-state index in [-0.39, 0.29) is 5.91 Å². The van der Waals surface area contributed by atoms with Crippen LogP contribution in [0.25, 0.3) is 0 Å². The summed E-state index contributed by atoms with van der Waals surface area (Å²) in [5.41, 5.74) is 3.54. The van der Waals surface area contributed by atoms with Crippen molar-refractivity contribution in [3.63, 3.8) is 0 Å². The lowest BCUT2D eigenvalue weighted by molar-refractivity contribution is 0.0745. The maximum absolute atomic E-state index is 12.9. The Morgan fingerprint density at radius 2 is 1.91 bits per heavy atom. The Hall–Kier alpha value is -2.43. The molecule has 2 aromatic rings. The minimum atomic E-state index is 0.183. The molecule has 5 heteroatoms. The second kappa shape index (κ2) is 5.99. The number of carbonyl (C=O) groups is 1. The lowest BCUT2D eigenvalue weighted by atomic mass is 10.0. The van der Waals surface area contributed by atoms with Gasteiger partial charge in [0.05, 0.1) is 6.20 Å². The van der Waals surface area contributed by atoms with Gasteiger partial charge in [-0.25, -0.2) is 4.98 Å². The van der Waals surface area contributed by atoms with E-state index in [2.05, 4.69) is 20.9 Å². The number of aromatic nitrogens is 2. The van der Waals surface area contributed by atoms with E-state index in [0.29, 0.717) is 0 Å². The predicted octanol–water partition coefficient (Wildman–Crippen LogP) is 1.93. The number of hydrogen-bond acceptors (Lipinski definition) is 4. The van der Waals surface area contributed by atoms with Crippen LogP contribution in [-0.2, 0) is 12.8 Å². The molecule has 0 radical (unpaired) electrons. The van der Waals surface area contributed by atoms with Crippen molar-refractivity contribution in [1.29, 1.82) is 0 Å². The fourth-order valence-corrected chi connectivity index (χ4v) is 3.58. The molecule has 23 heavy (non-hydrogen) atoms. The van der Waals surface area contributed by atoms with Gasteiger partial charge in [0.2, 0.25) is 0 Å². The maximum Gasteiger partial charge on any atom is 0.254 e. The van der Waals surface area contributed by atoms with Gasteiger partial charge in [-0.3, -0.25) is 9.78 Å². The SMILES string of the molecule is O=C(c1cccc2c1CCC2)N1CCN(c2cnccn2)CC1. The van der Waals surface area contributed by atoms with Crippen LogP contribution in [0.1, 0.15) is 27.9 Å². The molecule has 0 bridgehead atoms. The summed E-state index contributed by atoms with van der Waals surface area (Å²) >= 11 is 0. The minimum absolute atomic E-state index is 0.183. The Kier molecular flexibility index (Phi) is 3.69. The van der Waals surface area contributed by atoms with E-state index in [4.69, 9.17) is 0 Å². The van der Waals surface area contributed by atoms with Crippen molar-refractivity contribution in [2.75, 3.05) is 31.1 Å². The predicted molar refractivity (Wildman–Crippen MR) is 88.6 cm³/mol. The first-order chi connectivity index (χ1) is 11.3. The third kappa shape index (κ3) is 2.67. The molecular weight excluding hydrogens is 288 g/mol. The van der Waals surface area contributed by atoms with E-state index in [1.54, 1.807) is 18.6 Å². The number of amides is 1. The summed E-state index contributed by atoms with van der Waals surface area (Å²) in [6, 6.07) is 6.17. The van der Waals surface area contributed by atoms with E-state index in [0.717, 1.165) is 50.4 Å². The molecular formula is C18H20N4O. The first-order valence-corrected chi connectivity index (χ1v) is 8.24. The summed E-state index contributed by atoms with van der Waals surface area (Å²) in [6.07, 6.45) is 8.48. The topological polar surface area (TPSA) is 49.3 Å². The van der Waals surface area contributed by atoms with E-state index < -0.39 is 0 Å². The van der Waals surface area contributed by atoms with Crippen LogP contribution in [0.4, 0.5) is 5.82 Å². The van der Waals surface area contributed by atoms with Crippen LogP contribution in [0.15, 0.2) is 36.8 Å². The number of piperazine rings is 1. The average molecular weight is 308 g/mol. The van der Waals surface area contributed by atoms with Crippen molar-refractivity contribution in [3.8, 4) is 0 Å². The summed E-state index contributed by atoms with van der Waals surface area (Å²) in [5, 5.41) is 0. The third-order valence-corrected chi connectivity index (χ3v) is 4.82. The molecule has 0 spiro atoms. The fraction of sp³-hybridized carbons (Fsp3) is 0.389. The molecule has 1 aliphatic heterocycles. The lowest BCUT2D eigenvalue weighted by Gasteiger charge is -2.35. The van der Waals surface area contributed by atoms with Gasteiger partial charge in [-0.2, -0.15) is 0 Å². The van der Waals surface area contributed by atoms with Gasteiger partial charge in [-0.1, -0.05) is 12.1 Å². The maximum atomic E-state index is 12.9. The fourth-order valence-electron chi connectivity index (χ4n) is 3.58. The van der Waals surface area contributed by atoms with E-state index in [1.165, 1.54) is 17.5 Å². The van der Waals surface area contributed by atoms with Gasteiger partial charge in [0.1, 0.15) is 5.82 Å². The van der Waals surface area contributed by atoms with Crippen LogP contribution in [-0.4, -0.2) is 47.0 Å². The monoisotopic (exact) mass is 308 g/mol. The molecule has 1 aliphatic carbocycles. The Labute approximate surface area is 136 Å². The number of benzene rings is 1. The molecule has 2 aliphatic rings. The van der Waals surface area contributed by atoms with Gasteiger partial charge < -0.3 is 9.80 Å². The van der Waals surface area contributed by atoms with Crippen molar-refractivity contribution < 1.29 is 4.79 Å². The van der Waals surface area contributed by atoms with Gasteiger partial charge in [0, 0.05) is 44.1 Å². The molecule has 0 saturated carbocycles. The summed E-state index contributed by atoms with van der Waals surface area (Å²) in [5.74, 6) is 1.07. The molecule has 1 aromatic carbocycles. The molecule has 2 heterocycles. The molecule has 1 amide bonds. The highest BCUT2D eigenvalue weighted by Gasteiger charge is 2.26. The first kappa shape index (κ1) is 14.2. The third-order valence-electron chi connectivity index (χ3n) is 4.82. The van der Waals surface area contributed by atoms with E-state index in [9.17, 15) is 4.79 Å². The van der Waals surface area contributed by atoms with Gasteiger partial charge >= 0.3 is 0 Å². The van der Waals surface area contributed by atoms with Gasteiger partial charge in [0.15, 0.2) is 0 Å². The van der Waals surface area contributed by atoms with Gasteiger partial charge in [-0.15, -0.1) is 0 Å². The van der Waals surface area contributed by atoms with Crippen LogP contribution in [0.3, 0.4) is 0 Å². The Morgan fingerprint density at radius 3 is 2.70 bits per heavy atom. The number of rotatable bonds is 2. The number of carbonyl (C=O) groups excluding carboxylic acids is 1. The molecule has 4 rings (SSSR count). The van der Waals surface area contributed by atoms with E-state index >= 15 is 0 Å². The quantitative estimate of drug-likeness (QED) is 0.850. The molecule has 0 atom stereocenters. The van der Waals surface area contributed by atoms with E-state index in [1.807, 2.05) is 17.0 Å². The highest BCUT2D eigenvalue weighted by atomic mass is 16.2. The summed E-state index contributed by atoms with van der Waals surface area (Å²) < 4.78 is 0. The largest absolute Gasteiger partial charge is 0.352 e. The number of nitrogens with zero attached hydrogens (tertiary/aromatic N) is 4. The molecule has 0 N–H and O–H groups in total. The number of anilines is 1. The molecule has 5 nitrogen and oxygen atoms in total. The Morgan fingerprint density at radius 1 is 1.04 bits per heavy atom. The first-order valence-electron chi connectivity index (χ1n) is 8.24. The zero-order valence-electron chi connectivity index (χ0n) is 13.1. The molecule has 1 fully saturated rings.